The van der Waals surface area contributed by atoms with E-state index in [9.17, 15) is 18.0 Å². The zero-order valence-electron chi connectivity index (χ0n) is 10.5. The van der Waals surface area contributed by atoms with Crippen LogP contribution in [0.5, 0.6) is 5.75 Å². The number of hydrogen-bond donors (Lipinski definition) is 0. The lowest BCUT2D eigenvalue weighted by molar-refractivity contribution is -0.144. The summed E-state index contributed by atoms with van der Waals surface area (Å²) in [5, 5.41) is 0. The van der Waals surface area contributed by atoms with Gasteiger partial charge in [0, 0.05) is 5.56 Å². The summed E-state index contributed by atoms with van der Waals surface area (Å²) in [6, 6.07) is 6.37. The molecule has 106 valence electrons. The summed E-state index contributed by atoms with van der Waals surface area (Å²) in [4.78, 5) is 11.6. The summed E-state index contributed by atoms with van der Waals surface area (Å²) in [6.07, 6.45) is -5.31. The second-order valence-corrected chi connectivity index (χ2v) is 3.80. The van der Waals surface area contributed by atoms with Gasteiger partial charge in [-0.05, 0) is 31.2 Å². The van der Waals surface area contributed by atoms with Gasteiger partial charge in [0.15, 0.2) is 5.78 Å². The fourth-order valence-electron chi connectivity index (χ4n) is 1.34. The summed E-state index contributed by atoms with van der Waals surface area (Å²) in [7, 11) is 0. The van der Waals surface area contributed by atoms with E-state index in [1.54, 1.807) is 24.3 Å². The van der Waals surface area contributed by atoms with Crippen LogP contribution in [-0.2, 0) is 4.74 Å². The SMILES string of the molecule is CCOc1ccc(C(=O)COCCC(F)(F)F)cc1. The summed E-state index contributed by atoms with van der Waals surface area (Å²) in [5.41, 5.74) is 0.385. The van der Waals surface area contributed by atoms with Gasteiger partial charge in [0.1, 0.15) is 12.4 Å². The monoisotopic (exact) mass is 276 g/mol. The lowest BCUT2D eigenvalue weighted by Crippen LogP contribution is -2.15. The fraction of sp³-hybridized carbons (Fsp3) is 0.462. The molecule has 0 saturated heterocycles. The Morgan fingerprint density at radius 3 is 2.37 bits per heavy atom. The zero-order chi connectivity index (χ0) is 14.3. The highest BCUT2D eigenvalue weighted by molar-refractivity contribution is 5.97. The van der Waals surface area contributed by atoms with Gasteiger partial charge in [0.05, 0.1) is 19.6 Å². The predicted molar refractivity (Wildman–Crippen MR) is 63.4 cm³/mol. The van der Waals surface area contributed by atoms with Gasteiger partial charge in [-0.25, -0.2) is 0 Å². The van der Waals surface area contributed by atoms with Crippen molar-refractivity contribution in [2.24, 2.45) is 0 Å². The minimum Gasteiger partial charge on any atom is -0.494 e. The van der Waals surface area contributed by atoms with Crippen LogP contribution in [0.4, 0.5) is 13.2 Å². The van der Waals surface area contributed by atoms with Crippen molar-refractivity contribution in [3.05, 3.63) is 29.8 Å². The van der Waals surface area contributed by atoms with Crippen LogP contribution >= 0.6 is 0 Å². The Bertz CT molecular complexity index is 399. The molecular weight excluding hydrogens is 261 g/mol. The molecule has 1 aromatic carbocycles. The molecule has 0 aliphatic carbocycles. The first kappa shape index (κ1) is 15.5. The number of ketones is 1. The van der Waals surface area contributed by atoms with Gasteiger partial charge in [-0.1, -0.05) is 0 Å². The third kappa shape index (κ3) is 6.24. The number of benzene rings is 1. The molecule has 0 aliphatic rings. The molecule has 19 heavy (non-hydrogen) atoms. The molecule has 0 unspecified atom stereocenters. The maximum Gasteiger partial charge on any atom is 0.391 e. The van der Waals surface area contributed by atoms with Crippen molar-refractivity contribution in [3.8, 4) is 5.75 Å². The Balaban J connectivity index is 2.37. The van der Waals surface area contributed by atoms with Gasteiger partial charge in [-0.15, -0.1) is 0 Å². The van der Waals surface area contributed by atoms with Gasteiger partial charge in [0.2, 0.25) is 0 Å². The summed E-state index contributed by atoms with van der Waals surface area (Å²) in [5.74, 6) is 0.280. The number of carbonyl (C=O) groups excluding carboxylic acids is 1. The van der Waals surface area contributed by atoms with Crippen molar-refractivity contribution in [2.75, 3.05) is 19.8 Å². The largest absolute Gasteiger partial charge is 0.494 e. The van der Waals surface area contributed by atoms with E-state index < -0.39 is 19.2 Å². The van der Waals surface area contributed by atoms with Crippen molar-refractivity contribution in [1.29, 1.82) is 0 Å². The average molecular weight is 276 g/mol. The quantitative estimate of drug-likeness (QED) is 0.566. The third-order valence-corrected chi connectivity index (χ3v) is 2.25. The molecule has 0 amide bonds. The number of rotatable bonds is 7. The lowest BCUT2D eigenvalue weighted by atomic mass is 10.1. The van der Waals surface area contributed by atoms with Gasteiger partial charge in [0.25, 0.3) is 0 Å². The highest BCUT2D eigenvalue weighted by Gasteiger charge is 2.26. The highest BCUT2D eigenvalue weighted by Crippen LogP contribution is 2.19. The first-order chi connectivity index (χ1) is 8.92. The summed E-state index contributed by atoms with van der Waals surface area (Å²) < 4.78 is 45.4. The molecule has 6 heteroatoms. The topological polar surface area (TPSA) is 35.5 Å². The molecule has 0 heterocycles. The number of halogens is 3. The average Bonchev–Trinajstić information content (AvgIpc) is 2.34. The van der Waals surface area contributed by atoms with E-state index in [4.69, 9.17) is 9.47 Å². The normalized spacial score (nSPS) is 11.4. The van der Waals surface area contributed by atoms with E-state index in [0.717, 1.165) is 0 Å². The second kappa shape index (κ2) is 7.13. The molecule has 3 nitrogen and oxygen atoms in total. The molecule has 0 spiro atoms. The maximum absolute atomic E-state index is 11.8. The van der Waals surface area contributed by atoms with Gasteiger partial charge in [-0.3, -0.25) is 4.79 Å². The Labute approximate surface area is 109 Å². The van der Waals surface area contributed by atoms with Crippen LogP contribution in [0.3, 0.4) is 0 Å². The fourth-order valence-corrected chi connectivity index (χ4v) is 1.34. The van der Waals surface area contributed by atoms with Gasteiger partial charge in [-0.2, -0.15) is 13.2 Å². The molecule has 1 aromatic rings. The summed E-state index contributed by atoms with van der Waals surface area (Å²) in [6.45, 7) is 1.50. The van der Waals surface area contributed by atoms with E-state index >= 15 is 0 Å². The molecular formula is C13H15F3O3. The van der Waals surface area contributed by atoms with Crippen molar-refractivity contribution in [2.45, 2.75) is 19.5 Å². The highest BCUT2D eigenvalue weighted by atomic mass is 19.4. The van der Waals surface area contributed by atoms with Crippen LogP contribution in [0, 0.1) is 0 Å². The number of alkyl halides is 3. The standard InChI is InChI=1S/C13H15F3O3/c1-2-19-11-5-3-10(4-6-11)12(17)9-18-8-7-13(14,15)16/h3-6H,2,7-9H2,1H3. The van der Waals surface area contributed by atoms with E-state index in [2.05, 4.69) is 0 Å². The summed E-state index contributed by atoms with van der Waals surface area (Å²) >= 11 is 0. The molecule has 0 aliphatic heterocycles. The molecule has 1 rings (SSSR count). The molecule has 0 bridgehead atoms. The lowest BCUT2D eigenvalue weighted by Gasteiger charge is -2.07. The van der Waals surface area contributed by atoms with Crippen LogP contribution in [0.25, 0.3) is 0 Å². The van der Waals surface area contributed by atoms with Crippen LogP contribution < -0.4 is 4.74 Å². The number of hydrogen-bond acceptors (Lipinski definition) is 3. The van der Waals surface area contributed by atoms with Crippen molar-refractivity contribution in [1.82, 2.24) is 0 Å². The second-order valence-electron chi connectivity index (χ2n) is 3.80. The first-order valence-electron chi connectivity index (χ1n) is 5.83. The van der Waals surface area contributed by atoms with Crippen LogP contribution in [0.15, 0.2) is 24.3 Å². The van der Waals surface area contributed by atoms with Crippen molar-refractivity contribution in [3.63, 3.8) is 0 Å². The Morgan fingerprint density at radius 2 is 1.84 bits per heavy atom. The maximum atomic E-state index is 11.8. The number of ether oxygens (including phenoxy) is 2. The predicted octanol–water partition coefficient (Wildman–Crippen LogP) is 3.24. The minimum absolute atomic E-state index is 0.356. The molecule has 0 N–H and O–H groups in total. The molecule has 0 atom stereocenters. The molecule has 0 aromatic heterocycles. The van der Waals surface area contributed by atoms with Gasteiger partial charge >= 0.3 is 6.18 Å². The Morgan fingerprint density at radius 1 is 1.21 bits per heavy atom. The molecule has 0 saturated carbocycles. The van der Waals surface area contributed by atoms with E-state index in [-0.39, 0.29) is 12.4 Å². The van der Waals surface area contributed by atoms with Crippen molar-refractivity contribution < 1.29 is 27.4 Å². The van der Waals surface area contributed by atoms with E-state index in [1.807, 2.05) is 6.92 Å². The number of Topliss-reactive ketones (excluding diaryl/α,β-unsaturated/α-hetero) is 1. The van der Waals surface area contributed by atoms with Crippen LogP contribution in [0.2, 0.25) is 0 Å². The Kier molecular flexibility index (Phi) is 5.82. The van der Waals surface area contributed by atoms with E-state index in [1.165, 1.54) is 0 Å². The number of carbonyl (C=O) groups is 1. The zero-order valence-corrected chi connectivity index (χ0v) is 10.5. The van der Waals surface area contributed by atoms with Crippen molar-refractivity contribution >= 4 is 5.78 Å². The van der Waals surface area contributed by atoms with Crippen LogP contribution in [-0.4, -0.2) is 31.8 Å². The van der Waals surface area contributed by atoms with E-state index in [0.29, 0.717) is 17.9 Å². The van der Waals surface area contributed by atoms with Crippen LogP contribution in [0.1, 0.15) is 23.7 Å². The molecule has 0 radical (unpaired) electrons. The minimum atomic E-state index is -4.26. The first-order valence-corrected chi connectivity index (χ1v) is 5.83. The molecule has 0 fully saturated rings. The van der Waals surface area contributed by atoms with Gasteiger partial charge < -0.3 is 9.47 Å². The smallest absolute Gasteiger partial charge is 0.391 e. The third-order valence-electron chi connectivity index (χ3n) is 2.25. The Hall–Kier alpha value is -1.56.